The van der Waals surface area contributed by atoms with Crippen molar-refractivity contribution in [1.29, 1.82) is 0 Å². The minimum absolute atomic E-state index is 0.228. The van der Waals surface area contributed by atoms with Crippen molar-refractivity contribution >= 4 is 11.9 Å². The zero-order chi connectivity index (χ0) is 11.9. The monoisotopic (exact) mass is 222 g/mol. The van der Waals surface area contributed by atoms with E-state index in [1.165, 1.54) is 0 Å². The average Bonchev–Trinajstić information content (AvgIpc) is 2.69. The number of hydrogen-bond donors (Lipinski definition) is 1. The van der Waals surface area contributed by atoms with Crippen LogP contribution < -0.4 is 0 Å². The van der Waals surface area contributed by atoms with Crippen LogP contribution >= 0.6 is 0 Å². The van der Waals surface area contributed by atoms with Crippen molar-refractivity contribution in [3.63, 3.8) is 0 Å². The Morgan fingerprint density at radius 1 is 1.56 bits per heavy atom. The van der Waals surface area contributed by atoms with Gasteiger partial charge in [-0.1, -0.05) is 0 Å². The SMILES string of the molecule is Cn1c(C(=O)O)ccc1C1=NC(C)(C)CO1. The molecule has 1 aromatic heterocycles. The molecule has 5 heteroatoms. The van der Waals surface area contributed by atoms with Crippen molar-refractivity contribution in [3.05, 3.63) is 23.5 Å². The number of ether oxygens (including phenoxy) is 1. The minimum Gasteiger partial charge on any atom is -0.477 e. The summed E-state index contributed by atoms with van der Waals surface area (Å²) in [6.07, 6.45) is 0. The number of rotatable bonds is 2. The van der Waals surface area contributed by atoms with Gasteiger partial charge in [-0.25, -0.2) is 9.79 Å². The van der Waals surface area contributed by atoms with Crippen LogP contribution in [0.15, 0.2) is 17.1 Å². The highest BCUT2D eigenvalue weighted by Gasteiger charge is 2.28. The first kappa shape index (κ1) is 10.7. The summed E-state index contributed by atoms with van der Waals surface area (Å²) in [5.74, 6) is -0.438. The molecule has 1 aromatic rings. The molecule has 0 saturated heterocycles. The molecule has 1 N–H and O–H groups in total. The third-order valence-electron chi connectivity index (χ3n) is 2.53. The maximum atomic E-state index is 10.9. The lowest BCUT2D eigenvalue weighted by atomic mass is 10.1. The molecule has 0 amide bonds. The Kier molecular flexibility index (Phi) is 2.26. The Morgan fingerprint density at radius 3 is 2.69 bits per heavy atom. The van der Waals surface area contributed by atoms with Crippen LogP contribution in [0, 0.1) is 0 Å². The van der Waals surface area contributed by atoms with E-state index in [4.69, 9.17) is 9.84 Å². The van der Waals surface area contributed by atoms with Gasteiger partial charge in [0, 0.05) is 7.05 Å². The topological polar surface area (TPSA) is 63.8 Å². The molecule has 1 aliphatic rings. The largest absolute Gasteiger partial charge is 0.477 e. The van der Waals surface area contributed by atoms with E-state index in [9.17, 15) is 4.79 Å². The molecular weight excluding hydrogens is 208 g/mol. The van der Waals surface area contributed by atoms with Crippen LogP contribution in [-0.4, -0.2) is 33.7 Å². The predicted molar refractivity (Wildman–Crippen MR) is 58.9 cm³/mol. The summed E-state index contributed by atoms with van der Waals surface area (Å²) in [5, 5.41) is 8.92. The molecule has 0 spiro atoms. The Hall–Kier alpha value is -1.78. The fourth-order valence-corrected chi connectivity index (χ4v) is 1.66. The van der Waals surface area contributed by atoms with E-state index >= 15 is 0 Å². The number of aliphatic imine (C=N–C) groups is 1. The van der Waals surface area contributed by atoms with Crippen LogP contribution in [-0.2, 0) is 11.8 Å². The second-order valence-electron chi connectivity index (χ2n) is 4.49. The Labute approximate surface area is 93.4 Å². The normalized spacial score (nSPS) is 18.1. The standard InChI is InChI=1S/C11H14N2O3/c1-11(2)6-16-9(12-11)7-4-5-8(10(14)15)13(7)3/h4-5H,6H2,1-3H3,(H,14,15). The van der Waals surface area contributed by atoms with E-state index in [0.717, 1.165) is 0 Å². The Morgan fingerprint density at radius 2 is 2.25 bits per heavy atom. The smallest absolute Gasteiger partial charge is 0.352 e. The summed E-state index contributed by atoms with van der Waals surface area (Å²) in [6.45, 7) is 4.47. The molecule has 2 heterocycles. The van der Waals surface area contributed by atoms with E-state index in [0.29, 0.717) is 18.2 Å². The van der Waals surface area contributed by atoms with E-state index in [1.807, 2.05) is 13.8 Å². The number of nitrogens with zero attached hydrogens (tertiary/aromatic N) is 2. The third-order valence-corrected chi connectivity index (χ3v) is 2.53. The highest BCUT2D eigenvalue weighted by molar-refractivity contribution is 5.96. The summed E-state index contributed by atoms with van der Waals surface area (Å²) in [6, 6.07) is 3.26. The first-order chi connectivity index (χ1) is 7.41. The molecule has 0 unspecified atom stereocenters. The van der Waals surface area contributed by atoms with Crippen LogP contribution in [0.1, 0.15) is 30.0 Å². The second kappa shape index (κ2) is 3.37. The maximum Gasteiger partial charge on any atom is 0.352 e. The molecule has 1 aliphatic heterocycles. The van der Waals surface area contributed by atoms with Crippen LogP contribution in [0.4, 0.5) is 0 Å². The lowest BCUT2D eigenvalue weighted by Gasteiger charge is -2.07. The van der Waals surface area contributed by atoms with Gasteiger partial charge in [-0.15, -0.1) is 0 Å². The van der Waals surface area contributed by atoms with Gasteiger partial charge in [-0.3, -0.25) is 0 Å². The van der Waals surface area contributed by atoms with E-state index in [-0.39, 0.29) is 11.2 Å². The zero-order valence-electron chi connectivity index (χ0n) is 9.52. The molecule has 0 atom stereocenters. The van der Waals surface area contributed by atoms with E-state index < -0.39 is 5.97 Å². The number of aromatic nitrogens is 1. The third kappa shape index (κ3) is 1.68. The van der Waals surface area contributed by atoms with Gasteiger partial charge in [0.05, 0.1) is 5.54 Å². The average molecular weight is 222 g/mol. The highest BCUT2D eigenvalue weighted by atomic mass is 16.5. The molecule has 0 aromatic carbocycles. The van der Waals surface area contributed by atoms with Crippen LogP contribution in [0.5, 0.6) is 0 Å². The van der Waals surface area contributed by atoms with Crippen LogP contribution in [0.3, 0.4) is 0 Å². The molecule has 0 aliphatic carbocycles. The number of carboxylic acids is 1. The van der Waals surface area contributed by atoms with Crippen molar-refractivity contribution in [2.45, 2.75) is 19.4 Å². The Balaban J connectivity index is 2.40. The molecule has 5 nitrogen and oxygen atoms in total. The van der Waals surface area contributed by atoms with Gasteiger partial charge in [0.25, 0.3) is 0 Å². The number of aromatic carboxylic acids is 1. The predicted octanol–water partition coefficient (Wildman–Crippen LogP) is 1.28. The molecule has 0 bridgehead atoms. The number of hydrogen-bond acceptors (Lipinski definition) is 3. The molecule has 2 rings (SSSR count). The van der Waals surface area contributed by atoms with Crippen molar-refractivity contribution < 1.29 is 14.6 Å². The van der Waals surface area contributed by atoms with Gasteiger partial charge in [0.15, 0.2) is 0 Å². The molecule has 16 heavy (non-hydrogen) atoms. The molecule has 86 valence electrons. The Bertz CT molecular complexity index is 472. The summed E-state index contributed by atoms with van der Waals surface area (Å²) in [4.78, 5) is 15.3. The molecular formula is C11H14N2O3. The number of carbonyl (C=O) groups is 1. The van der Waals surface area contributed by atoms with Gasteiger partial charge >= 0.3 is 5.97 Å². The fourth-order valence-electron chi connectivity index (χ4n) is 1.66. The van der Waals surface area contributed by atoms with Gasteiger partial charge in [0.2, 0.25) is 5.90 Å². The lowest BCUT2D eigenvalue weighted by molar-refractivity contribution is 0.0686. The lowest BCUT2D eigenvalue weighted by Crippen LogP contribution is -2.17. The second-order valence-corrected chi connectivity index (χ2v) is 4.49. The minimum atomic E-state index is -0.952. The maximum absolute atomic E-state index is 10.9. The fraction of sp³-hybridized carbons (Fsp3) is 0.455. The van der Waals surface area contributed by atoms with Gasteiger partial charge in [-0.2, -0.15) is 0 Å². The molecule has 0 saturated carbocycles. The summed E-state index contributed by atoms with van der Waals surface area (Å²) < 4.78 is 7.04. The van der Waals surface area contributed by atoms with Crippen molar-refractivity contribution in [2.75, 3.05) is 6.61 Å². The van der Waals surface area contributed by atoms with Crippen molar-refractivity contribution in [3.8, 4) is 0 Å². The van der Waals surface area contributed by atoms with Crippen molar-refractivity contribution in [2.24, 2.45) is 12.0 Å². The first-order valence-electron chi connectivity index (χ1n) is 5.03. The zero-order valence-corrected chi connectivity index (χ0v) is 9.52. The summed E-state index contributed by atoms with van der Waals surface area (Å²) in [5.41, 5.74) is 0.692. The van der Waals surface area contributed by atoms with Crippen LogP contribution in [0.2, 0.25) is 0 Å². The quantitative estimate of drug-likeness (QED) is 0.819. The summed E-state index contributed by atoms with van der Waals surface area (Å²) >= 11 is 0. The summed E-state index contributed by atoms with van der Waals surface area (Å²) in [7, 11) is 1.69. The first-order valence-corrected chi connectivity index (χ1v) is 5.03. The highest BCUT2D eigenvalue weighted by Crippen LogP contribution is 2.21. The van der Waals surface area contributed by atoms with Crippen LogP contribution in [0.25, 0.3) is 0 Å². The molecule has 0 fully saturated rings. The van der Waals surface area contributed by atoms with Gasteiger partial charge in [0.1, 0.15) is 18.0 Å². The number of carboxylic acid groups (broad SMARTS) is 1. The molecule has 0 radical (unpaired) electrons. The van der Waals surface area contributed by atoms with E-state index in [1.54, 1.807) is 23.7 Å². The van der Waals surface area contributed by atoms with E-state index in [2.05, 4.69) is 4.99 Å². The van der Waals surface area contributed by atoms with Gasteiger partial charge < -0.3 is 14.4 Å². The van der Waals surface area contributed by atoms with Gasteiger partial charge in [-0.05, 0) is 26.0 Å². The van der Waals surface area contributed by atoms with Crippen molar-refractivity contribution in [1.82, 2.24) is 4.57 Å².